The zero-order valence-corrected chi connectivity index (χ0v) is 9.96. The minimum Gasteiger partial charge on any atom is -0.475 e. The third-order valence-corrected chi connectivity index (χ3v) is 2.36. The van der Waals surface area contributed by atoms with Crippen molar-refractivity contribution in [3.8, 4) is 11.7 Å². The minimum atomic E-state index is -1.27. The highest BCUT2D eigenvalue weighted by Crippen LogP contribution is 2.34. The summed E-state index contributed by atoms with van der Waals surface area (Å²) in [6.07, 6.45) is 0. The van der Waals surface area contributed by atoms with Gasteiger partial charge in [0.1, 0.15) is 0 Å². The van der Waals surface area contributed by atoms with Crippen LogP contribution in [0, 0.1) is 10.1 Å². The highest BCUT2D eigenvalue weighted by molar-refractivity contribution is 6.30. The van der Waals surface area contributed by atoms with Gasteiger partial charge >= 0.3 is 11.7 Å². The summed E-state index contributed by atoms with van der Waals surface area (Å²) < 4.78 is 9.96. The Morgan fingerprint density at radius 3 is 2.68 bits per heavy atom. The van der Waals surface area contributed by atoms with Gasteiger partial charge in [-0.05, 0) is 12.1 Å². The molecular weight excluding hydrogens is 278 g/mol. The van der Waals surface area contributed by atoms with Crippen molar-refractivity contribution >= 4 is 23.3 Å². The number of hydrogen-bond donors (Lipinski definition) is 1. The van der Waals surface area contributed by atoms with Crippen molar-refractivity contribution < 1.29 is 24.0 Å². The molecule has 0 aliphatic carbocycles. The molecule has 0 radical (unpaired) electrons. The third-order valence-electron chi connectivity index (χ3n) is 2.12. The molecule has 1 aromatic heterocycles. The van der Waals surface area contributed by atoms with Crippen LogP contribution in [0.4, 0.5) is 5.69 Å². The average Bonchev–Trinajstić information content (AvgIpc) is 2.77. The Balaban J connectivity index is 2.33. The number of rotatable bonds is 4. The fourth-order valence-corrected chi connectivity index (χ4v) is 1.48. The smallest absolute Gasteiger partial charge is 0.371 e. The molecule has 1 aromatic carbocycles. The number of carboxylic acids is 1. The molecule has 0 saturated heterocycles. The van der Waals surface area contributed by atoms with Gasteiger partial charge < -0.3 is 14.3 Å². The summed E-state index contributed by atoms with van der Waals surface area (Å²) in [5.74, 6) is -1.92. The van der Waals surface area contributed by atoms with Gasteiger partial charge in [-0.25, -0.2) is 4.79 Å². The number of nitro benzene ring substituents is 1. The summed E-state index contributed by atoms with van der Waals surface area (Å²) in [6, 6.07) is 6.18. The summed E-state index contributed by atoms with van der Waals surface area (Å²) in [7, 11) is 0. The van der Waals surface area contributed by atoms with Gasteiger partial charge in [0.15, 0.2) is 0 Å². The zero-order chi connectivity index (χ0) is 14.0. The topological polar surface area (TPSA) is 103 Å². The predicted octanol–water partition coefficient (Wildman–Crippen LogP) is 3.33. The van der Waals surface area contributed by atoms with Gasteiger partial charge in [-0.2, -0.15) is 0 Å². The van der Waals surface area contributed by atoms with Gasteiger partial charge in [0, 0.05) is 23.2 Å². The maximum absolute atomic E-state index is 10.8. The Morgan fingerprint density at radius 1 is 1.37 bits per heavy atom. The quantitative estimate of drug-likeness (QED) is 0.682. The number of nitro groups is 1. The largest absolute Gasteiger partial charge is 0.475 e. The fraction of sp³-hybridized carbons (Fsp3) is 0. The van der Waals surface area contributed by atoms with Crippen LogP contribution in [0.5, 0.6) is 11.7 Å². The summed E-state index contributed by atoms with van der Waals surface area (Å²) in [6.45, 7) is 0. The van der Waals surface area contributed by atoms with Gasteiger partial charge in [0.2, 0.25) is 11.5 Å². The Bertz CT molecular complexity index is 650. The minimum absolute atomic E-state index is 0.135. The molecule has 7 nitrogen and oxygen atoms in total. The van der Waals surface area contributed by atoms with Crippen molar-refractivity contribution in [3.05, 3.63) is 51.2 Å². The Labute approximate surface area is 111 Å². The number of carboxylic acid groups (broad SMARTS) is 1. The maximum atomic E-state index is 10.8. The van der Waals surface area contributed by atoms with Gasteiger partial charge in [-0.1, -0.05) is 11.6 Å². The first-order valence-electron chi connectivity index (χ1n) is 4.92. The first kappa shape index (κ1) is 12.9. The summed E-state index contributed by atoms with van der Waals surface area (Å²) in [5, 5.41) is 19.7. The Hall–Kier alpha value is -2.54. The number of aromatic carboxylic acids is 1. The van der Waals surface area contributed by atoms with Gasteiger partial charge in [0.05, 0.1) is 4.92 Å². The number of halogens is 1. The number of ether oxygens (including phenoxy) is 1. The molecule has 19 heavy (non-hydrogen) atoms. The van der Waals surface area contributed by atoms with Crippen LogP contribution in [0.3, 0.4) is 0 Å². The number of benzene rings is 1. The molecule has 98 valence electrons. The number of furan rings is 1. The molecule has 0 amide bonds. The van der Waals surface area contributed by atoms with Crippen molar-refractivity contribution in [2.75, 3.05) is 0 Å². The van der Waals surface area contributed by atoms with E-state index in [-0.39, 0.29) is 28.2 Å². The molecular formula is C11H6ClNO6. The molecule has 2 rings (SSSR count). The van der Waals surface area contributed by atoms with E-state index in [0.717, 1.165) is 0 Å². The van der Waals surface area contributed by atoms with Crippen molar-refractivity contribution in [1.82, 2.24) is 0 Å². The van der Waals surface area contributed by atoms with E-state index in [0.29, 0.717) is 0 Å². The molecule has 0 aliphatic heterocycles. The van der Waals surface area contributed by atoms with Crippen molar-refractivity contribution in [3.63, 3.8) is 0 Å². The van der Waals surface area contributed by atoms with Crippen LogP contribution >= 0.6 is 11.6 Å². The van der Waals surface area contributed by atoms with Crippen LogP contribution < -0.4 is 4.74 Å². The highest BCUT2D eigenvalue weighted by atomic mass is 35.5. The molecule has 0 unspecified atom stereocenters. The summed E-state index contributed by atoms with van der Waals surface area (Å²) in [4.78, 5) is 20.8. The maximum Gasteiger partial charge on any atom is 0.371 e. The van der Waals surface area contributed by atoms with E-state index in [1.165, 1.54) is 30.3 Å². The zero-order valence-electron chi connectivity index (χ0n) is 9.20. The molecule has 0 aliphatic rings. The SMILES string of the molecule is O=C(O)c1ccc(Oc2cc(Cl)ccc2[N+](=O)[O-])o1. The lowest BCUT2D eigenvalue weighted by molar-refractivity contribution is -0.385. The number of hydrogen-bond acceptors (Lipinski definition) is 5. The van der Waals surface area contributed by atoms with Crippen LogP contribution in [-0.2, 0) is 0 Å². The molecule has 0 atom stereocenters. The lowest BCUT2D eigenvalue weighted by atomic mass is 10.3. The molecule has 0 spiro atoms. The first-order valence-corrected chi connectivity index (χ1v) is 5.30. The van der Waals surface area contributed by atoms with E-state index in [9.17, 15) is 14.9 Å². The van der Waals surface area contributed by atoms with E-state index in [1.807, 2.05) is 0 Å². The predicted molar refractivity (Wildman–Crippen MR) is 63.8 cm³/mol. The van der Waals surface area contributed by atoms with Gasteiger partial charge in [0.25, 0.3) is 5.95 Å². The second-order valence-electron chi connectivity index (χ2n) is 3.40. The van der Waals surface area contributed by atoms with Crippen LogP contribution in [0.2, 0.25) is 5.02 Å². The van der Waals surface area contributed by atoms with E-state index in [2.05, 4.69) is 0 Å². The number of nitrogens with zero attached hydrogens (tertiary/aromatic N) is 1. The molecule has 8 heteroatoms. The molecule has 0 fully saturated rings. The monoisotopic (exact) mass is 283 g/mol. The lowest BCUT2D eigenvalue weighted by Gasteiger charge is -2.03. The van der Waals surface area contributed by atoms with Crippen LogP contribution in [0.1, 0.15) is 10.6 Å². The standard InChI is InChI=1S/C11H6ClNO6/c12-6-1-2-7(13(16)17)9(5-6)19-10-4-3-8(18-10)11(14)15/h1-5H,(H,14,15). The van der Waals surface area contributed by atoms with E-state index in [4.69, 9.17) is 25.9 Å². The van der Waals surface area contributed by atoms with E-state index in [1.54, 1.807) is 0 Å². The highest BCUT2D eigenvalue weighted by Gasteiger charge is 2.18. The fourth-order valence-electron chi connectivity index (χ4n) is 1.32. The first-order chi connectivity index (χ1) is 8.97. The van der Waals surface area contributed by atoms with E-state index >= 15 is 0 Å². The normalized spacial score (nSPS) is 10.2. The molecule has 1 N–H and O–H groups in total. The summed E-state index contributed by atoms with van der Waals surface area (Å²) in [5.41, 5.74) is -0.308. The number of carbonyl (C=O) groups is 1. The van der Waals surface area contributed by atoms with Gasteiger partial charge in [-0.15, -0.1) is 0 Å². The molecule has 2 aromatic rings. The molecule has 0 bridgehead atoms. The van der Waals surface area contributed by atoms with Crippen LogP contribution in [0.25, 0.3) is 0 Å². The van der Waals surface area contributed by atoms with Crippen molar-refractivity contribution in [2.45, 2.75) is 0 Å². The molecule has 1 heterocycles. The van der Waals surface area contributed by atoms with Crippen LogP contribution in [-0.4, -0.2) is 16.0 Å². The Kier molecular flexibility index (Phi) is 3.39. The van der Waals surface area contributed by atoms with Crippen molar-refractivity contribution in [1.29, 1.82) is 0 Å². The summed E-state index contributed by atoms with van der Waals surface area (Å²) >= 11 is 5.72. The lowest BCUT2D eigenvalue weighted by Crippen LogP contribution is -1.93. The second kappa shape index (κ2) is 4.99. The van der Waals surface area contributed by atoms with Crippen LogP contribution in [0.15, 0.2) is 34.7 Å². The van der Waals surface area contributed by atoms with Gasteiger partial charge in [-0.3, -0.25) is 10.1 Å². The third kappa shape index (κ3) is 2.83. The molecule has 0 saturated carbocycles. The second-order valence-corrected chi connectivity index (χ2v) is 3.83. The van der Waals surface area contributed by atoms with E-state index < -0.39 is 10.9 Å². The van der Waals surface area contributed by atoms with Crippen molar-refractivity contribution in [2.24, 2.45) is 0 Å². The Morgan fingerprint density at radius 2 is 2.11 bits per heavy atom. The average molecular weight is 284 g/mol.